The second kappa shape index (κ2) is 7.63. The van der Waals surface area contributed by atoms with Crippen molar-refractivity contribution < 1.29 is 19.4 Å². The molecule has 1 amide bonds. The standard InChI is InChI=1S/C17H18N2O4S2/c1-23-16(22)13-8-11(20)9-19(13)17-18-15(21)14(25-17)7-10-3-5-12(24-2)6-4-10/h3-7,11,13,20H,8-9H2,1-2H3. The molecule has 2 atom stereocenters. The van der Waals surface area contributed by atoms with Gasteiger partial charge in [-0.15, -0.1) is 11.8 Å². The predicted molar refractivity (Wildman–Crippen MR) is 99.4 cm³/mol. The second-order valence-corrected chi connectivity index (χ2v) is 7.55. The van der Waals surface area contributed by atoms with Gasteiger partial charge in [-0.25, -0.2) is 4.79 Å². The first kappa shape index (κ1) is 18.0. The molecule has 0 spiro atoms. The van der Waals surface area contributed by atoms with Crippen molar-refractivity contribution in [3.8, 4) is 0 Å². The monoisotopic (exact) mass is 378 g/mol. The van der Waals surface area contributed by atoms with Crippen LogP contribution in [0, 0.1) is 0 Å². The summed E-state index contributed by atoms with van der Waals surface area (Å²) in [5.74, 6) is -0.767. The Labute approximate surface area is 154 Å². The van der Waals surface area contributed by atoms with Crippen LogP contribution in [0.25, 0.3) is 6.08 Å². The van der Waals surface area contributed by atoms with E-state index in [1.807, 2.05) is 30.5 Å². The van der Waals surface area contributed by atoms with Gasteiger partial charge in [-0.3, -0.25) is 4.79 Å². The van der Waals surface area contributed by atoms with E-state index in [2.05, 4.69) is 4.99 Å². The normalized spacial score (nSPS) is 24.8. The molecule has 25 heavy (non-hydrogen) atoms. The fourth-order valence-corrected chi connectivity index (χ4v) is 4.14. The number of β-amino-alcohol motifs (C(OH)–C–C–N with tert-alkyl or cyclic N) is 1. The number of carbonyl (C=O) groups excluding carboxylic acids is 2. The van der Waals surface area contributed by atoms with E-state index in [1.165, 1.54) is 18.9 Å². The van der Waals surface area contributed by atoms with Crippen molar-refractivity contribution in [2.75, 3.05) is 19.9 Å². The van der Waals surface area contributed by atoms with E-state index in [4.69, 9.17) is 4.74 Å². The lowest BCUT2D eigenvalue weighted by molar-refractivity contribution is -0.144. The molecular weight excluding hydrogens is 360 g/mol. The third kappa shape index (κ3) is 3.91. The van der Waals surface area contributed by atoms with Gasteiger partial charge in [0.15, 0.2) is 5.17 Å². The van der Waals surface area contributed by atoms with Crippen LogP contribution in [0.1, 0.15) is 12.0 Å². The Bertz CT molecular complexity index is 746. The van der Waals surface area contributed by atoms with E-state index in [9.17, 15) is 14.7 Å². The smallest absolute Gasteiger partial charge is 0.328 e. The molecule has 0 aliphatic carbocycles. The Morgan fingerprint density at radius 1 is 1.44 bits per heavy atom. The Balaban J connectivity index is 1.77. The highest BCUT2D eigenvalue weighted by molar-refractivity contribution is 8.18. The highest BCUT2D eigenvalue weighted by atomic mass is 32.2. The summed E-state index contributed by atoms with van der Waals surface area (Å²) >= 11 is 2.87. The number of aliphatic hydroxyl groups excluding tert-OH is 1. The first-order valence-electron chi connectivity index (χ1n) is 7.71. The first-order valence-corrected chi connectivity index (χ1v) is 9.75. The third-order valence-electron chi connectivity index (χ3n) is 4.02. The number of methoxy groups -OCH3 is 1. The van der Waals surface area contributed by atoms with Gasteiger partial charge < -0.3 is 14.7 Å². The van der Waals surface area contributed by atoms with Crippen molar-refractivity contribution in [3.63, 3.8) is 0 Å². The Morgan fingerprint density at radius 3 is 2.80 bits per heavy atom. The molecule has 2 heterocycles. The van der Waals surface area contributed by atoms with E-state index in [0.29, 0.717) is 10.1 Å². The van der Waals surface area contributed by atoms with Crippen molar-refractivity contribution in [2.45, 2.75) is 23.5 Å². The number of esters is 1. The molecule has 1 saturated heterocycles. The van der Waals surface area contributed by atoms with E-state index in [1.54, 1.807) is 22.7 Å². The molecule has 1 aromatic rings. The molecule has 2 aliphatic heterocycles. The molecule has 1 N–H and O–H groups in total. The van der Waals surface area contributed by atoms with E-state index >= 15 is 0 Å². The average Bonchev–Trinajstić information content (AvgIpc) is 3.18. The quantitative estimate of drug-likeness (QED) is 0.489. The van der Waals surface area contributed by atoms with Crippen LogP contribution in [-0.4, -0.2) is 59.1 Å². The molecule has 0 saturated carbocycles. The van der Waals surface area contributed by atoms with Gasteiger partial charge in [0, 0.05) is 17.9 Å². The van der Waals surface area contributed by atoms with Crippen LogP contribution < -0.4 is 0 Å². The number of amides is 1. The fourth-order valence-electron chi connectivity index (χ4n) is 2.76. The summed E-state index contributed by atoms with van der Waals surface area (Å²) < 4.78 is 4.79. The van der Waals surface area contributed by atoms with Gasteiger partial charge in [-0.1, -0.05) is 12.1 Å². The molecule has 0 radical (unpaired) electrons. The third-order valence-corrected chi connectivity index (χ3v) is 5.79. The zero-order valence-electron chi connectivity index (χ0n) is 13.8. The van der Waals surface area contributed by atoms with Gasteiger partial charge in [0.1, 0.15) is 6.04 Å². The highest BCUT2D eigenvalue weighted by Gasteiger charge is 2.41. The number of ether oxygens (including phenoxy) is 1. The number of likely N-dealkylation sites (tertiary alicyclic amines) is 1. The van der Waals surface area contributed by atoms with Crippen molar-refractivity contribution in [1.82, 2.24) is 4.90 Å². The number of aliphatic hydroxyl groups is 1. The molecule has 3 rings (SSSR count). The summed E-state index contributed by atoms with van der Waals surface area (Å²) in [5, 5.41) is 10.3. The number of hydrogen-bond donors (Lipinski definition) is 1. The summed E-state index contributed by atoms with van der Waals surface area (Å²) in [6.07, 6.45) is 3.42. The van der Waals surface area contributed by atoms with Crippen molar-refractivity contribution >= 4 is 46.6 Å². The zero-order chi connectivity index (χ0) is 18.0. The molecule has 0 bridgehead atoms. The summed E-state index contributed by atoms with van der Waals surface area (Å²) in [5.41, 5.74) is 0.913. The van der Waals surface area contributed by atoms with Crippen LogP contribution in [-0.2, 0) is 14.3 Å². The van der Waals surface area contributed by atoms with Crippen LogP contribution in [0.15, 0.2) is 39.1 Å². The average molecular weight is 378 g/mol. The summed E-state index contributed by atoms with van der Waals surface area (Å²) in [7, 11) is 1.31. The first-order chi connectivity index (χ1) is 12.0. The maximum absolute atomic E-state index is 12.2. The molecule has 6 nitrogen and oxygen atoms in total. The van der Waals surface area contributed by atoms with Crippen LogP contribution in [0.2, 0.25) is 0 Å². The lowest BCUT2D eigenvalue weighted by Gasteiger charge is -2.22. The van der Waals surface area contributed by atoms with Gasteiger partial charge in [-0.2, -0.15) is 4.99 Å². The summed E-state index contributed by atoms with van der Waals surface area (Å²) in [4.78, 5) is 31.5. The molecule has 1 fully saturated rings. The topological polar surface area (TPSA) is 79.2 Å². The summed E-state index contributed by atoms with van der Waals surface area (Å²) in [6.45, 7) is 0.259. The minimum absolute atomic E-state index is 0.259. The van der Waals surface area contributed by atoms with E-state index < -0.39 is 18.1 Å². The SMILES string of the molecule is COC(=O)C1CC(O)CN1C1=NC(=O)C(=Cc2ccc(SC)cc2)S1. The van der Waals surface area contributed by atoms with Gasteiger partial charge in [-0.05, 0) is 41.8 Å². The van der Waals surface area contributed by atoms with Crippen LogP contribution in [0.5, 0.6) is 0 Å². The van der Waals surface area contributed by atoms with Gasteiger partial charge in [0.05, 0.1) is 18.1 Å². The minimum Gasteiger partial charge on any atom is -0.467 e. The van der Waals surface area contributed by atoms with Gasteiger partial charge >= 0.3 is 5.97 Å². The number of thioether (sulfide) groups is 2. The summed E-state index contributed by atoms with van der Waals surface area (Å²) in [6, 6.07) is 7.27. The highest BCUT2D eigenvalue weighted by Crippen LogP contribution is 2.34. The number of aliphatic imine (C=N–C) groups is 1. The Morgan fingerprint density at radius 2 is 2.16 bits per heavy atom. The molecule has 2 aliphatic rings. The number of benzene rings is 1. The predicted octanol–water partition coefficient (Wildman–Crippen LogP) is 1.99. The number of amidine groups is 1. The van der Waals surface area contributed by atoms with E-state index in [-0.39, 0.29) is 18.9 Å². The van der Waals surface area contributed by atoms with Gasteiger partial charge in [0.25, 0.3) is 5.91 Å². The van der Waals surface area contributed by atoms with Crippen molar-refractivity contribution in [3.05, 3.63) is 34.7 Å². The Hall–Kier alpha value is -1.77. The van der Waals surface area contributed by atoms with E-state index in [0.717, 1.165) is 10.5 Å². The zero-order valence-corrected chi connectivity index (χ0v) is 15.5. The van der Waals surface area contributed by atoms with Crippen LogP contribution in [0.3, 0.4) is 0 Å². The largest absolute Gasteiger partial charge is 0.467 e. The number of carbonyl (C=O) groups is 2. The number of rotatable bonds is 3. The molecule has 1 aromatic carbocycles. The Kier molecular flexibility index (Phi) is 5.51. The van der Waals surface area contributed by atoms with Crippen molar-refractivity contribution in [2.24, 2.45) is 4.99 Å². The van der Waals surface area contributed by atoms with Gasteiger partial charge in [0.2, 0.25) is 0 Å². The molecule has 0 aromatic heterocycles. The molecule has 8 heteroatoms. The lowest BCUT2D eigenvalue weighted by Crippen LogP contribution is -2.39. The van der Waals surface area contributed by atoms with Crippen LogP contribution in [0.4, 0.5) is 0 Å². The maximum atomic E-state index is 12.2. The molecule has 132 valence electrons. The number of hydrogen-bond acceptors (Lipinski definition) is 7. The van der Waals surface area contributed by atoms with Crippen molar-refractivity contribution in [1.29, 1.82) is 0 Å². The number of nitrogens with zero attached hydrogens (tertiary/aromatic N) is 2. The maximum Gasteiger partial charge on any atom is 0.328 e. The minimum atomic E-state index is -0.644. The second-order valence-electron chi connectivity index (χ2n) is 5.66. The molecule has 2 unspecified atom stereocenters. The fraction of sp³-hybridized carbons (Fsp3) is 0.353. The molecular formula is C17H18N2O4S2. The van der Waals surface area contributed by atoms with Crippen LogP contribution >= 0.6 is 23.5 Å². The lowest BCUT2D eigenvalue weighted by atomic mass is 10.2.